The number of halogens is 3. The molecule has 0 spiro atoms. The Bertz CT molecular complexity index is 524. The van der Waals surface area contributed by atoms with Crippen LogP contribution in [0, 0.1) is 0 Å². The summed E-state index contributed by atoms with van der Waals surface area (Å²) >= 11 is 16.5. The molecule has 6 heteroatoms. The molecule has 0 fully saturated rings. The number of hydrogen-bond donors (Lipinski definition) is 1. The van der Waals surface area contributed by atoms with Crippen molar-refractivity contribution in [3.63, 3.8) is 0 Å². The van der Waals surface area contributed by atoms with E-state index in [9.17, 15) is 0 Å². The van der Waals surface area contributed by atoms with Gasteiger partial charge in [0.1, 0.15) is 0 Å². The van der Waals surface area contributed by atoms with E-state index in [2.05, 4.69) is 56.2 Å². The van der Waals surface area contributed by atoms with Crippen LogP contribution in [0.25, 0.3) is 0 Å². The molecule has 0 bridgehead atoms. The highest BCUT2D eigenvalue weighted by molar-refractivity contribution is 9.12. The molecule has 0 radical (unpaired) electrons. The van der Waals surface area contributed by atoms with Gasteiger partial charge >= 0.3 is 0 Å². The molecule has 1 N–H and O–H groups in total. The second kappa shape index (κ2) is 6.86. The molecule has 0 aromatic carbocycles. The average Bonchev–Trinajstić information content (AvgIpc) is 2.84. The van der Waals surface area contributed by atoms with Gasteiger partial charge in [-0.3, -0.25) is 0 Å². The molecule has 2 aromatic heterocycles. The maximum absolute atomic E-state index is 5.99. The normalized spacial score (nSPS) is 12.9. The van der Waals surface area contributed by atoms with Gasteiger partial charge in [0.05, 0.1) is 11.9 Å². The minimum atomic E-state index is 0.321. The summed E-state index contributed by atoms with van der Waals surface area (Å²) in [5, 5.41) is 3.53. The van der Waals surface area contributed by atoms with Crippen LogP contribution in [0.15, 0.2) is 25.8 Å². The molecule has 0 amide bonds. The molecular weight excluding hydrogens is 418 g/mol. The Balaban J connectivity index is 2.20. The zero-order valence-electron chi connectivity index (χ0n) is 9.67. The van der Waals surface area contributed by atoms with Gasteiger partial charge in [0.15, 0.2) is 0 Å². The summed E-state index contributed by atoms with van der Waals surface area (Å²) in [6.07, 6.45) is 0.965. The fourth-order valence-electron chi connectivity index (χ4n) is 1.79. The first-order chi connectivity index (χ1) is 8.60. The molecule has 0 aliphatic heterocycles. The van der Waals surface area contributed by atoms with E-state index in [4.69, 9.17) is 11.6 Å². The Kier molecular flexibility index (Phi) is 5.72. The monoisotopic (exact) mass is 427 g/mol. The number of rotatable bonds is 5. The van der Waals surface area contributed by atoms with Gasteiger partial charge in [-0.1, -0.05) is 18.5 Å². The first-order valence-electron chi connectivity index (χ1n) is 5.52. The smallest absolute Gasteiger partial charge is 0.0931 e. The Labute approximate surface area is 137 Å². The van der Waals surface area contributed by atoms with Gasteiger partial charge in [0.2, 0.25) is 0 Å². The topological polar surface area (TPSA) is 12.0 Å². The van der Waals surface area contributed by atoms with E-state index < -0.39 is 0 Å². The Morgan fingerprint density at radius 2 is 2.11 bits per heavy atom. The molecular formula is C12H12Br2ClNS2. The Hall–Kier alpha value is 0.610. The number of hydrogen-bond acceptors (Lipinski definition) is 3. The van der Waals surface area contributed by atoms with Crippen LogP contribution < -0.4 is 5.32 Å². The van der Waals surface area contributed by atoms with E-state index in [1.54, 1.807) is 22.7 Å². The van der Waals surface area contributed by atoms with Crippen molar-refractivity contribution in [1.82, 2.24) is 5.32 Å². The summed E-state index contributed by atoms with van der Waals surface area (Å²) in [5.41, 5.74) is 1.30. The minimum Gasteiger partial charge on any atom is -0.310 e. The van der Waals surface area contributed by atoms with E-state index in [0.717, 1.165) is 21.1 Å². The quantitative estimate of drug-likeness (QED) is 0.626. The van der Waals surface area contributed by atoms with Gasteiger partial charge in [-0.25, -0.2) is 0 Å². The van der Waals surface area contributed by atoms with Crippen molar-refractivity contribution in [3.8, 4) is 0 Å². The van der Waals surface area contributed by atoms with Crippen LogP contribution in [-0.2, 0) is 6.42 Å². The summed E-state index contributed by atoms with van der Waals surface area (Å²) in [6.45, 7) is 3.08. The van der Waals surface area contributed by atoms with Gasteiger partial charge < -0.3 is 5.32 Å². The molecule has 1 atom stereocenters. The molecule has 1 nitrogen and oxygen atoms in total. The fraction of sp³-hybridized carbons (Fsp3) is 0.333. The van der Waals surface area contributed by atoms with Gasteiger partial charge in [0, 0.05) is 17.3 Å². The second-order valence-corrected chi connectivity index (χ2v) is 9.35. The lowest BCUT2D eigenvalue weighted by atomic mass is 10.1. The third kappa shape index (κ3) is 3.81. The van der Waals surface area contributed by atoms with Crippen LogP contribution in [0.2, 0.25) is 4.34 Å². The van der Waals surface area contributed by atoms with Crippen molar-refractivity contribution in [2.75, 3.05) is 6.54 Å². The Morgan fingerprint density at radius 3 is 2.61 bits per heavy atom. The number of nitrogens with one attached hydrogen (secondary N) is 1. The summed E-state index contributed by atoms with van der Waals surface area (Å²) in [4.78, 5) is 1.31. The van der Waals surface area contributed by atoms with Gasteiger partial charge in [-0.05, 0) is 62.2 Å². The van der Waals surface area contributed by atoms with Crippen LogP contribution in [0.3, 0.4) is 0 Å². The largest absolute Gasteiger partial charge is 0.310 e. The summed E-state index contributed by atoms with van der Waals surface area (Å²) in [5.74, 6) is 0. The molecule has 18 heavy (non-hydrogen) atoms. The molecule has 0 saturated heterocycles. The summed E-state index contributed by atoms with van der Waals surface area (Å²) in [7, 11) is 0. The first-order valence-corrected chi connectivity index (χ1v) is 9.12. The lowest BCUT2D eigenvalue weighted by molar-refractivity contribution is 0.553. The predicted octanol–water partition coefficient (Wildman–Crippen LogP) is 5.88. The highest BCUT2D eigenvalue weighted by Crippen LogP contribution is 2.37. The van der Waals surface area contributed by atoms with Gasteiger partial charge in [0.25, 0.3) is 0 Å². The third-order valence-electron chi connectivity index (χ3n) is 2.54. The zero-order chi connectivity index (χ0) is 13.1. The molecule has 2 heterocycles. The predicted molar refractivity (Wildman–Crippen MR) is 89.2 cm³/mol. The van der Waals surface area contributed by atoms with Crippen molar-refractivity contribution >= 4 is 66.1 Å². The zero-order valence-corrected chi connectivity index (χ0v) is 15.2. The number of likely N-dealkylation sites (N-methyl/N-ethyl adjacent to an activating group) is 1. The van der Waals surface area contributed by atoms with Crippen LogP contribution in [-0.4, -0.2) is 6.54 Å². The van der Waals surface area contributed by atoms with Crippen molar-refractivity contribution < 1.29 is 0 Å². The molecule has 2 rings (SSSR count). The lowest BCUT2D eigenvalue weighted by Gasteiger charge is -2.16. The van der Waals surface area contributed by atoms with Crippen LogP contribution >= 0.6 is 66.1 Å². The molecule has 0 aliphatic carbocycles. The van der Waals surface area contributed by atoms with Crippen molar-refractivity contribution in [1.29, 1.82) is 0 Å². The maximum Gasteiger partial charge on any atom is 0.0931 e. The lowest BCUT2D eigenvalue weighted by Crippen LogP contribution is -2.22. The molecule has 2 aromatic rings. The first kappa shape index (κ1) is 15.0. The maximum atomic E-state index is 5.99. The third-order valence-corrected chi connectivity index (χ3v) is 6.18. The average molecular weight is 430 g/mol. The Morgan fingerprint density at radius 1 is 1.33 bits per heavy atom. The standard InChI is InChI=1S/C12H12Br2ClNS2/c1-2-16-9(5-7-3-4-11(15)17-7)8-6-10(13)18-12(8)14/h3-4,6,9,16H,2,5H2,1H3. The van der Waals surface area contributed by atoms with E-state index in [1.165, 1.54) is 14.2 Å². The van der Waals surface area contributed by atoms with Crippen LogP contribution in [0.1, 0.15) is 23.4 Å². The van der Waals surface area contributed by atoms with E-state index in [-0.39, 0.29) is 0 Å². The summed E-state index contributed by atoms with van der Waals surface area (Å²) in [6, 6.07) is 6.56. The van der Waals surface area contributed by atoms with Crippen LogP contribution in [0.5, 0.6) is 0 Å². The highest BCUT2D eigenvalue weighted by Gasteiger charge is 2.17. The molecule has 0 aliphatic rings. The molecule has 0 saturated carbocycles. The van der Waals surface area contributed by atoms with E-state index >= 15 is 0 Å². The van der Waals surface area contributed by atoms with Crippen LogP contribution in [0.4, 0.5) is 0 Å². The summed E-state index contributed by atoms with van der Waals surface area (Å²) < 4.78 is 3.19. The number of thiophene rings is 2. The molecule has 1 unspecified atom stereocenters. The van der Waals surface area contributed by atoms with E-state index in [1.807, 2.05) is 6.07 Å². The van der Waals surface area contributed by atoms with Crippen molar-refractivity contribution in [2.24, 2.45) is 0 Å². The van der Waals surface area contributed by atoms with E-state index in [0.29, 0.717) is 6.04 Å². The van der Waals surface area contributed by atoms with Crippen molar-refractivity contribution in [3.05, 3.63) is 40.5 Å². The SMILES string of the molecule is CCNC(Cc1ccc(Cl)s1)c1cc(Br)sc1Br. The van der Waals surface area contributed by atoms with Gasteiger partial charge in [-0.2, -0.15) is 0 Å². The second-order valence-electron chi connectivity index (χ2n) is 3.80. The fourth-order valence-corrected chi connectivity index (χ4v) is 5.90. The van der Waals surface area contributed by atoms with Gasteiger partial charge in [-0.15, -0.1) is 22.7 Å². The highest BCUT2D eigenvalue weighted by atomic mass is 79.9. The minimum absolute atomic E-state index is 0.321. The van der Waals surface area contributed by atoms with Crippen molar-refractivity contribution in [2.45, 2.75) is 19.4 Å². The molecule has 98 valence electrons.